The van der Waals surface area contributed by atoms with Crippen molar-refractivity contribution >= 4 is 34.1 Å². The van der Waals surface area contributed by atoms with Gasteiger partial charge in [0.2, 0.25) is 11.0 Å². The molecule has 1 amide bonds. The Morgan fingerprint density at radius 1 is 1.42 bits per heavy atom. The fourth-order valence-corrected chi connectivity index (χ4v) is 3.54. The highest BCUT2D eigenvalue weighted by Crippen LogP contribution is 2.28. The number of amides is 1. The van der Waals surface area contributed by atoms with Gasteiger partial charge in [-0.15, -0.1) is 15.3 Å². The zero-order valence-corrected chi connectivity index (χ0v) is 14.6. The monoisotopic (exact) mass is 362 g/mol. The van der Waals surface area contributed by atoms with Gasteiger partial charge in [0.15, 0.2) is 4.34 Å². The van der Waals surface area contributed by atoms with Crippen LogP contribution in [-0.4, -0.2) is 38.0 Å². The van der Waals surface area contributed by atoms with E-state index in [1.165, 1.54) is 34.9 Å². The van der Waals surface area contributed by atoms with Crippen molar-refractivity contribution in [1.82, 2.24) is 25.0 Å². The number of methoxy groups -OCH3 is 1. The van der Waals surface area contributed by atoms with E-state index in [9.17, 15) is 4.79 Å². The fraction of sp³-hybridized carbons (Fsp3) is 0.214. The molecule has 24 heavy (non-hydrogen) atoms. The summed E-state index contributed by atoms with van der Waals surface area (Å²) in [7, 11) is 3.19. The minimum atomic E-state index is -0.336. The molecule has 0 spiro atoms. The summed E-state index contributed by atoms with van der Waals surface area (Å²) in [6.45, 7) is 0. The third kappa shape index (κ3) is 3.89. The van der Waals surface area contributed by atoms with Gasteiger partial charge < -0.3 is 4.74 Å². The summed E-state index contributed by atoms with van der Waals surface area (Å²) in [6.07, 6.45) is 3.34. The second kappa shape index (κ2) is 7.41. The zero-order valence-electron chi connectivity index (χ0n) is 13.0. The first kappa shape index (κ1) is 16.4. The SMILES string of the molecule is COc1nn(C)cc1C(=O)Nc1nnc(SCc2ccccn2)s1. The lowest BCUT2D eigenvalue weighted by atomic mass is 10.3. The van der Waals surface area contributed by atoms with Crippen LogP contribution in [0.3, 0.4) is 0 Å². The van der Waals surface area contributed by atoms with E-state index in [1.54, 1.807) is 19.4 Å². The van der Waals surface area contributed by atoms with Gasteiger partial charge in [-0.25, -0.2) is 0 Å². The number of thioether (sulfide) groups is 1. The van der Waals surface area contributed by atoms with Gasteiger partial charge in [0.25, 0.3) is 5.91 Å². The number of nitrogens with one attached hydrogen (secondary N) is 1. The quantitative estimate of drug-likeness (QED) is 0.531. The minimum absolute atomic E-state index is 0.268. The van der Waals surface area contributed by atoms with Gasteiger partial charge in [0.1, 0.15) is 5.56 Å². The molecule has 0 fully saturated rings. The highest BCUT2D eigenvalue weighted by atomic mass is 32.2. The number of ether oxygens (including phenoxy) is 1. The van der Waals surface area contributed by atoms with Crippen molar-refractivity contribution in [2.45, 2.75) is 10.1 Å². The highest BCUT2D eigenvalue weighted by molar-refractivity contribution is 8.00. The van der Waals surface area contributed by atoms with Crippen molar-refractivity contribution in [3.8, 4) is 5.88 Å². The molecule has 3 aromatic heterocycles. The smallest absolute Gasteiger partial charge is 0.264 e. The number of pyridine rings is 1. The van der Waals surface area contributed by atoms with E-state index in [4.69, 9.17) is 4.74 Å². The van der Waals surface area contributed by atoms with Crippen LogP contribution in [0.15, 0.2) is 34.9 Å². The van der Waals surface area contributed by atoms with Gasteiger partial charge in [0, 0.05) is 25.2 Å². The Hall–Kier alpha value is -2.46. The molecule has 1 N–H and O–H groups in total. The molecule has 0 bridgehead atoms. The van der Waals surface area contributed by atoms with Gasteiger partial charge in [-0.3, -0.25) is 19.8 Å². The van der Waals surface area contributed by atoms with E-state index >= 15 is 0 Å². The Bertz CT molecular complexity index is 833. The largest absolute Gasteiger partial charge is 0.479 e. The van der Waals surface area contributed by atoms with Crippen molar-refractivity contribution in [2.75, 3.05) is 12.4 Å². The molecule has 0 saturated carbocycles. The Kier molecular flexibility index (Phi) is 5.06. The van der Waals surface area contributed by atoms with Gasteiger partial charge in [-0.2, -0.15) is 0 Å². The van der Waals surface area contributed by atoms with Crippen LogP contribution in [0.25, 0.3) is 0 Å². The number of rotatable bonds is 6. The average Bonchev–Trinajstić information content (AvgIpc) is 3.20. The highest BCUT2D eigenvalue weighted by Gasteiger charge is 2.18. The standard InChI is InChI=1S/C14H14N6O2S2/c1-20-7-10(12(19-20)22-2)11(21)16-13-17-18-14(24-13)23-8-9-5-3-4-6-15-9/h3-7H,8H2,1-2H3,(H,16,17,21). The molecule has 0 radical (unpaired) electrons. The number of hydrogen-bond donors (Lipinski definition) is 1. The molecule has 0 saturated heterocycles. The average molecular weight is 362 g/mol. The summed E-state index contributed by atoms with van der Waals surface area (Å²) in [5.74, 6) is 0.626. The molecule has 10 heteroatoms. The number of carbonyl (C=O) groups excluding carboxylic acids is 1. The Morgan fingerprint density at radius 2 is 2.29 bits per heavy atom. The molecule has 124 valence electrons. The predicted molar refractivity (Wildman–Crippen MR) is 91.4 cm³/mol. The molecule has 0 aliphatic carbocycles. The van der Waals surface area contributed by atoms with Gasteiger partial charge in [-0.05, 0) is 12.1 Å². The number of anilines is 1. The molecular formula is C14H14N6O2S2. The summed E-state index contributed by atoms with van der Waals surface area (Å²) in [5, 5.41) is 15.2. The second-order valence-corrected chi connectivity index (χ2v) is 6.86. The summed E-state index contributed by atoms with van der Waals surface area (Å²) in [4.78, 5) is 16.5. The molecule has 3 aromatic rings. The van der Waals surface area contributed by atoms with E-state index in [1.807, 2.05) is 18.2 Å². The first-order chi connectivity index (χ1) is 11.7. The third-order valence-electron chi connectivity index (χ3n) is 2.93. The van der Waals surface area contributed by atoms with Crippen LogP contribution >= 0.6 is 23.1 Å². The molecule has 3 heterocycles. The van der Waals surface area contributed by atoms with Gasteiger partial charge >= 0.3 is 0 Å². The van der Waals surface area contributed by atoms with Crippen LogP contribution in [0.2, 0.25) is 0 Å². The van der Waals surface area contributed by atoms with Gasteiger partial charge in [0.05, 0.1) is 12.8 Å². The lowest BCUT2D eigenvalue weighted by molar-refractivity contribution is 0.102. The van der Waals surface area contributed by atoms with E-state index in [0.717, 1.165) is 10.0 Å². The maximum Gasteiger partial charge on any atom is 0.264 e. The summed E-state index contributed by atoms with van der Waals surface area (Å²) < 4.78 is 7.36. The normalized spacial score (nSPS) is 10.6. The summed E-state index contributed by atoms with van der Waals surface area (Å²) in [6, 6.07) is 5.76. The van der Waals surface area contributed by atoms with Crippen LogP contribution in [0.4, 0.5) is 5.13 Å². The van der Waals surface area contributed by atoms with Crippen LogP contribution in [0.5, 0.6) is 5.88 Å². The van der Waals surface area contributed by atoms with E-state index < -0.39 is 0 Å². The van der Waals surface area contributed by atoms with Crippen molar-refractivity contribution in [2.24, 2.45) is 7.05 Å². The number of hydrogen-bond acceptors (Lipinski definition) is 8. The van der Waals surface area contributed by atoms with Crippen LogP contribution in [-0.2, 0) is 12.8 Å². The Balaban J connectivity index is 1.62. The maximum absolute atomic E-state index is 12.3. The molecule has 3 rings (SSSR count). The lowest BCUT2D eigenvalue weighted by Crippen LogP contribution is -2.12. The molecular weight excluding hydrogens is 348 g/mol. The Labute approximate surface area is 146 Å². The number of carbonyl (C=O) groups is 1. The Morgan fingerprint density at radius 3 is 3.04 bits per heavy atom. The van der Waals surface area contributed by atoms with Crippen LogP contribution in [0, 0.1) is 0 Å². The predicted octanol–water partition coefficient (Wildman–Crippen LogP) is 2.22. The zero-order chi connectivity index (χ0) is 16.9. The van der Waals surface area contributed by atoms with Crippen molar-refractivity contribution in [1.29, 1.82) is 0 Å². The van der Waals surface area contributed by atoms with E-state index in [0.29, 0.717) is 16.4 Å². The van der Waals surface area contributed by atoms with Crippen molar-refractivity contribution < 1.29 is 9.53 Å². The molecule has 0 atom stereocenters. The van der Waals surface area contributed by atoms with E-state index in [-0.39, 0.29) is 11.8 Å². The fourth-order valence-electron chi connectivity index (χ4n) is 1.88. The summed E-state index contributed by atoms with van der Waals surface area (Å²) >= 11 is 2.83. The lowest BCUT2D eigenvalue weighted by Gasteiger charge is -2.00. The van der Waals surface area contributed by atoms with Crippen molar-refractivity contribution in [3.05, 3.63) is 41.9 Å². The molecule has 0 aliphatic rings. The van der Waals surface area contributed by atoms with E-state index in [2.05, 4.69) is 25.6 Å². The first-order valence-corrected chi connectivity index (χ1v) is 8.71. The molecule has 0 aliphatic heterocycles. The second-order valence-electron chi connectivity index (χ2n) is 4.66. The first-order valence-electron chi connectivity index (χ1n) is 6.91. The number of nitrogens with zero attached hydrogens (tertiary/aromatic N) is 5. The minimum Gasteiger partial charge on any atom is -0.479 e. The maximum atomic E-state index is 12.3. The molecule has 0 unspecified atom stereocenters. The third-order valence-corrected chi connectivity index (χ3v) is 4.94. The van der Waals surface area contributed by atoms with Crippen LogP contribution in [0.1, 0.15) is 16.1 Å². The molecule has 8 nitrogen and oxygen atoms in total. The van der Waals surface area contributed by atoms with Crippen molar-refractivity contribution in [3.63, 3.8) is 0 Å². The summed E-state index contributed by atoms with van der Waals surface area (Å²) in [5.41, 5.74) is 1.31. The van der Waals surface area contributed by atoms with Gasteiger partial charge in [-0.1, -0.05) is 29.2 Å². The number of aryl methyl sites for hydroxylation is 1. The topological polar surface area (TPSA) is 94.8 Å². The van der Waals surface area contributed by atoms with Crippen LogP contribution < -0.4 is 10.1 Å². The number of aromatic nitrogens is 5. The molecule has 0 aromatic carbocycles.